The molecule has 0 atom stereocenters. The van der Waals surface area contributed by atoms with E-state index < -0.39 is 11.5 Å². The maximum Gasteiger partial charge on any atom is 0.387 e. The maximum absolute atomic E-state index is 12.1. The van der Waals surface area contributed by atoms with Crippen molar-refractivity contribution in [3.05, 3.63) is 58.6 Å². The minimum Gasteiger partial charge on any atom is -0.435 e. The summed E-state index contributed by atoms with van der Waals surface area (Å²) in [6, 6.07) is 11.1. The third kappa shape index (κ3) is 5.72. The number of anilines is 1. The molecule has 1 heterocycles. The summed E-state index contributed by atoms with van der Waals surface area (Å²) in [7, 11) is 0. The zero-order valence-corrected chi connectivity index (χ0v) is 15.3. The number of nitrogens with zero attached hydrogens (tertiary/aromatic N) is 3. The number of hydrogen-bond donors (Lipinski definition) is 1. The second-order valence-corrected chi connectivity index (χ2v) is 6.34. The number of nitro benzene ring substituents is 1. The summed E-state index contributed by atoms with van der Waals surface area (Å²) in [5.74, 6) is -0.251. The first-order valence-corrected chi connectivity index (χ1v) is 8.95. The number of halogens is 2. The molecule has 9 nitrogen and oxygen atoms in total. The molecule has 3 aromatic rings. The Balaban J connectivity index is 1.52. The Morgan fingerprint density at radius 2 is 1.86 bits per heavy atom. The van der Waals surface area contributed by atoms with E-state index in [1.165, 1.54) is 48.5 Å². The molecule has 12 heteroatoms. The van der Waals surface area contributed by atoms with Crippen molar-refractivity contribution in [2.24, 2.45) is 0 Å². The molecule has 1 amide bonds. The topological polar surface area (TPSA) is 120 Å². The Morgan fingerprint density at radius 3 is 2.48 bits per heavy atom. The number of carbonyl (C=O) groups is 1. The van der Waals surface area contributed by atoms with Crippen molar-refractivity contribution in [2.75, 3.05) is 11.1 Å². The highest BCUT2D eigenvalue weighted by atomic mass is 32.2. The van der Waals surface area contributed by atoms with Crippen molar-refractivity contribution in [1.82, 2.24) is 10.2 Å². The molecular formula is C17H12F2N4O5S. The predicted octanol–water partition coefficient (Wildman–Crippen LogP) is 3.98. The molecule has 0 radical (unpaired) electrons. The van der Waals surface area contributed by atoms with Gasteiger partial charge in [-0.3, -0.25) is 14.9 Å². The van der Waals surface area contributed by atoms with Crippen molar-refractivity contribution in [3.8, 4) is 17.2 Å². The SMILES string of the molecule is O=C(CSc1nnc(-c2ccc([N+](=O)[O-])cc2)o1)Nc1ccc(OC(F)F)cc1. The van der Waals surface area contributed by atoms with E-state index in [1.807, 2.05) is 0 Å². The van der Waals surface area contributed by atoms with Gasteiger partial charge in [0.25, 0.3) is 10.9 Å². The van der Waals surface area contributed by atoms with E-state index in [-0.39, 0.29) is 34.2 Å². The number of aromatic nitrogens is 2. The summed E-state index contributed by atoms with van der Waals surface area (Å²) in [6.45, 7) is -2.92. The molecule has 150 valence electrons. The van der Waals surface area contributed by atoms with Gasteiger partial charge in [0.15, 0.2) is 0 Å². The van der Waals surface area contributed by atoms with Gasteiger partial charge < -0.3 is 14.5 Å². The molecule has 2 aromatic carbocycles. The summed E-state index contributed by atoms with van der Waals surface area (Å²) in [5, 5.41) is 21.1. The minimum absolute atomic E-state index is 0.0167. The first-order valence-electron chi connectivity index (χ1n) is 7.96. The molecule has 1 aromatic heterocycles. The second kappa shape index (κ2) is 9.10. The number of carbonyl (C=O) groups excluding carboxylic acids is 1. The molecule has 0 saturated heterocycles. The van der Waals surface area contributed by atoms with Crippen LogP contribution in [0.2, 0.25) is 0 Å². The number of amides is 1. The Labute approximate surface area is 166 Å². The third-order valence-electron chi connectivity index (χ3n) is 3.42. The first-order chi connectivity index (χ1) is 13.9. The lowest BCUT2D eigenvalue weighted by molar-refractivity contribution is -0.384. The van der Waals surface area contributed by atoms with Gasteiger partial charge >= 0.3 is 6.61 Å². The number of alkyl halides is 2. The minimum atomic E-state index is -2.92. The lowest BCUT2D eigenvalue weighted by atomic mass is 10.2. The number of nitrogens with one attached hydrogen (secondary N) is 1. The van der Waals surface area contributed by atoms with E-state index in [0.29, 0.717) is 11.3 Å². The number of benzene rings is 2. The molecule has 0 unspecified atom stereocenters. The quantitative estimate of drug-likeness (QED) is 0.329. The molecule has 0 bridgehead atoms. The molecule has 0 aliphatic carbocycles. The largest absolute Gasteiger partial charge is 0.435 e. The summed E-state index contributed by atoms with van der Waals surface area (Å²) < 4.78 is 33.9. The van der Waals surface area contributed by atoms with E-state index in [2.05, 4.69) is 20.3 Å². The first kappa shape index (κ1) is 20.2. The van der Waals surface area contributed by atoms with E-state index >= 15 is 0 Å². The van der Waals surface area contributed by atoms with E-state index in [9.17, 15) is 23.7 Å². The molecule has 29 heavy (non-hydrogen) atoms. The fraction of sp³-hybridized carbons (Fsp3) is 0.118. The van der Waals surface area contributed by atoms with Gasteiger partial charge in [-0.1, -0.05) is 11.8 Å². The van der Waals surface area contributed by atoms with Crippen LogP contribution in [0.25, 0.3) is 11.5 Å². The molecule has 1 N–H and O–H groups in total. The normalized spacial score (nSPS) is 10.7. The summed E-state index contributed by atoms with van der Waals surface area (Å²) in [5.41, 5.74) is 0.855. The number of rotatable bonds is 8. The van der Waals surface area contributed by atoms with Gasteiger partial charge in [0.05, 0.1) is 10.7 Å². The van der Waals surface area contributed by atoms with Gasteiger partial charge in [0.2, 0.25) is 11.8 Å². The lowest BCUT2D eigenvalue weighted by Crippen LogP contribution is -2.14. The van der Waals surface area contributed by atoms with Crippen LogP contribution in [0, 0.1) is 10.1 Å². The van der Waals surface area contributed by atoms with Crippen molar-refractivity contribution in [3.63, 3.8) is 0 Å². The van der Waals surface area contributed by atoms with Gasteiger partial charge in [0, 0.05) is 23.4 Å². The number of non-ortho nitro benzene ring substituents is 1. The average molecular weight is 422 g/mol. The van der Waals surface area contributed by atoms with E-state index in [4.69, 9.17) is 4.42 Å². The van der Waals surface area contributed by atoms with Crippen LogP contribution in [0.5, 0.6) is 5.75 Å². The number of thioether (sulfide) groups is 1. The van der Waals surface area contributed by atoms with Gasteiger partial charge in [-0.25, -0.2) is 0 Å². The van der Waals surface area contributed by atoms with Crippen molar-refractivity contribution in [2.45, 2.75) is 11.8 Å². The zero-order valence-electron chi connectivity index (χ0n) is 14.5. The van der Waals surface area contributed by atoms with Crippen LogP contribution in [-0.2, 0) is 4.79 Å². The standard InChI is InChI=1S/C17H12F2N4O5S/c18-16(19)27-13-7-3-11(4-8-13)20-14(24)9-29-17-22-21-15(28-17)10-1-5-12(6-2-10)23(25)26/h1-8,16H,9H2,(H,20,24). The van der Waals surface area contributed by atoms with Gasteiger partial charge in [0.1, 0.15) is 5.75 Å². The highest BCUT2D eigenvalue weighted by Crippen LogP contribution is 2.25. The lowest BCUT2D eigenvalue weighted by Gasteiger charge is -2.06. The number of ether oxygens (including phenoxy) is 1. The van der Waals surface area contributed by atoms with Gasteiger partial charge in [-0.05, 0) is 36.4 Å². The Kier molecular flexibility index (Phi) is 6.34. The Morgan fingerprint density at radius 1 is 1.17 bits per heavy atom. The predicted molar refractivity (Wildman–Crippen MR) is 98.8 cm³/mol. The van der Waals surface area contributed by atoms with Crippen LogP contribution in [0.3, 0.4) is 0 Å². The average Bonchev–Trinajstić information content (AvgIpc) is 3.17. The van der Waals surface area contributed by atoms with Crippen LogP contribution in [-0.4, -0.2) is 33.4 Å². The molecule has 3 rings (SSSR count). The summed E-state index contributed by atoms with van der Waals surface area (Å²) in [6.07, 6.45) is 0. The van der Waals surface area contributed by atoms with Crippen LogP contribution in [0.4, 0.5) is 20.2 Å². The monoisotopic (exact) mass is 422 g/mol. The van der Waals surface area contributed by atoms with Crippen molar-refractivity contribution < 1.29 is 27.7 Å². The molecule has 0 aliphatic heterocycles. The fourth-order valence-electron chi connectivity index (χ4n) is 2.15. The zero-order chi connectivity index (χ0) is 20.8. The van der Waals surface area contributed by atoms with Gasteiger partial charge in [-0.15, -0.1) is 10.2 Å². The van der Waals surface area contributed by atoms with Crippen LogP contribution in [0.15, 0.2) is 58.2 Å². The van der Waals surface area contributed by atoms with Crippen molar-refractivity contribution in [1.29, 1.82) is 0 Å². The molecular weight excluding hydrogens is 410 g/mol. The van der Waals surface area contributed by atoms with Gasteiger partial charge in [-0.2, -0.15) is 8.78 Å². The maximum atomic E-state index is 12.1. The summed E-state index contributed by atoms with van der Waals surface area (Å²) in [4.78, 5) is 22.1. The smallest absolute Gasteiger partial charge is 0.387 e. The van der Waals surface area contributed by atoms with E-state index in [1.54, 1.807) is 0 Å². The van der Waals surface area contributed by atoms with Crippen LogP contribution < -0.4 is 10.1 Å². The third-order valence-corrected chi connectivity index (χ3v) is 4.24. The highest BCUT2D eigenvalue weighted by Gasteiger charge is 2.13. The van der Waals surface area contributed by atoms with Crippen LogP contribution >= 0.6 is 11.8 Å². The van der Waals surface area contributed by atoms with Crippen LogP contribution in [0.1, 0.15) is 0 Å². The summed E-state index contributed by atoms with van der Waals surface area (Å²) >= 11 is 0.998. The Bertz CT molecular complexity index is 996. The second-order valence-electron chi connectivity index (χ2n) is 5.42. The number of hydrogen-bond acceptors (Lipinski definition) is 8. The van der Waals surface area contributed by atoms with E-state index in [0.717, 1.165) is 11.8 Å². The molecule has 0 fully saturated rings. The highest BCUT2D eigenvalue weighted by molar-refractivity contribution is 7.99. The fourth-order valence-corrected chi connectivity index (χ4v) is 2.72. The molecule has 0 saturated carbocycles. The number of nitro groups is 1. The Hall–Kier alpha value is -3.54. The molecule has 0 aliphatic rings. The molecule has 0 spiro atoms. The van der Waals surface area contributed by atoms with Crippen molar-refractivity contribution >= 4 is 29.0 Å².